The third-order valence-electron chi connectivity index (χ3n) is 6.26. The van der Waals surface area contributed by atoms with Crippen LogP contribution in [0.3, 0.4) is 0 Å². The average molecular weight is 345 g/mol. The summed E-state index contributed by atoms with van der Waals surface area (Å²) >= 11 is 0. The third-order valence-corrected chi connectivity index (χ3v) is 6.26. The highest BCUT2D eigenvalue weighted by Crippen LogP contribution is 2.52. The third kappa shape index (κ3) is 5.58. The van der Waals surface area contributed by atoms with Gasteiger partial charge < -0.3 is 4.74 Å². The molecule has 0 spiro atoms. The van der Waals surface area contributed by atoms with Crippen molar-refractivity contribution in [1.29, 1.82) is 0 Å². The van der Waals surface area contributed by atoms with Gasteiger partial charge in [0.1, 0.15) is 0 Å². The Kier molecular flexibility index (Phi) is 8.00. The first-order valence-electron chi connectivity index (χ1n) is 10.7. The molecule has 0 aromatic carbocycles. The maximum absolute atomic E-state index is 6.11. The number of rotatable bonds is 9. The van der Waals surface area contributed by atoms with Gasteiger partial charge >= 0.3 is 0 Å². The molecular weight excluding hydrogens is 304 g/mol. The minimum atomic E-state index is 0.316. The zero-order valence-corrected chi connectivity index (χ0v) is 17.3. The standard InChI is InChI=1S/C24H40O/c1-6-14-24(15-20(7-2)8-3)16-21-12-10-9-11-13-23(21)22(17-24)18-25-19(4)5/h9,11-13,19-20,22H,6-8,10,14-18H2,1-5H3. The molecule has 142 valence electrons. The molecule has 0 heterocycles. The molecule has 2 aliphatic carbocycles. The lowest BCUT2D eigenvalue weighted by molar-refractivity contribution is 0.0320. The molecule has 0 aromatic rings. The lowest BCUT2D eigenvalue weighted by Crippen LogP contribution is -2.35. The SMILES string of the molecule is CCCC1(CC(CC)CC)CC2=CCC=CC=C2C(COC(C)C)C1. The lowest BCUT2D eigenvalue weighted by atomic mass is 9.60. The molecule has 1 fully saturated rings. The van der Waals surface area contributed by atoms with E-state index in [0.717, 1.165) is 18.9 Å². The molecule has 2 rings (SSSR count). The highest BCUT2D eigenvalue weighted by molar-refractivity contribution is 5.41. The number of fused-ring (bicyclic) bond motifs is 1. The summed E-state index contributed by atoms with van der Waals surface area (Å²) in [5, 5.41) is 0. The van der Waals surface area contributed by atoms with E-state index < -0.39 is 0 Å². The Labute approximate surface area is 156 Å². The Morgan fingerprint density at radius 2 is 1.96 bits per heavy atom. The molecule has 2 aliphatic rings. The van der Waals surface area contributed by atoms with E-state index in [1.807, 2.05) is 0 Å². The largest absolute Gasteiger partial charge is 0.378 e. The van der Waals surface area contributed by atoms with Gasteiger partial charge in [0.2, 0.25) is 0 Å². The molecule has 2 atom stereocenters. The van der Waals surface area contributed by atoms with Gasteiger partial charge in [0, 0.05) is 5.92 Å². The first-order valence-corrected chi connectivity index (χ1v) is 10.7. The van der Waals surface area contributed by atoms with Crippen molar-refractivity contribution < 1.29 is 4.74 Å². The Bertz CT molecular complexity index is 492. The van der Waals surface area contributed by atoms with Gasteiger partial charge in [0.05, 0.1) is 12.7 Å². The summed E-state index contributed by atoms with van der Waals surface area (Å²) in [6, 6.07) is 0. The second kappa shape index (κ2) is 9.76. The van der Waals surface area contributed by atoms with Gasteiger partial charge in [-0.15, -0.1) is 0 Å². The smallest absolute Gasteiger partial charge is 0.0538 e. The second-order valence-electron chi connectivity index (χ2n) is 8.61. The quantitative estimate of drug-likeness (QED) is 0.428. The molecule has 0 amide bonds. The zero-order valence-electron chi connectivity index (χ0n) is 17.3. The lowest BCUT2D eigenvalue weighted by Gasteiger charge is -2.45. The van der Waals surface area contributed by atoms with Crippen molar-refractivity contribution in [1.82, 2.24) is 0 Å². The summed E-state index contributed by atoms with van der Waals surface area (Å²) in [6.45, 7) is 12.3. The van der Waals surface area contributed by atoms with Gasteiger partial charge in [-0.05, 0) is 68.4 Å². The second-order valence-corrected chi connectivity index (χ2v) is 8.61. The normalized spacial score (nSPS) is 26.4. The van der Waals surface area contributed by atoms with E-state index in [4.69, 9.17) is 4.74 Å². The number of hydrogen-bond donors (Lipinski definition) is 0. The Morgan fingerprint density at radius 3 is 2.60 bits per heavy atom. The summed E-state index contributed by atoms with van der Waals surface area (Å²) < 4.78 is 6.11. The molecule has 2 unspecified atom stereocenters. The summed E-state index contributed by atoms with van der Waals surface area (Å²) in [6.07, 6.45) is 20.1. The van der Waals surface area contributed by atoms with Gasteiger partial charge in [0.25, 0.3) is 0 Å². The molecule has 0 saturated heterocycles. The summed E-state index contributed by atoms with van der Waals surface area (Å²) in [7, 11) is 0. The minimum absolute atomic E-state index is 0.316. The van der Waals surface area contributed by atoms with Crippen molar-refractivity contribution in [2.45, 2.75) is 92.1 Å². The summed E-state index contributed by atoms with van der Waals surface area (Å²) in [5.74, 6) is 1.43. The van der Waals surface area contributed by atoms with Gasteiger partial charge in [-0.1, -0.05) is 64.3 Å². The van der Waals surface area contributed by atoms with E-state index >= 15 is 0 Å². The minimum Gasteiger partial charge on any atom is -0.378 e. The molecule has 1 saturated carbocycles. The van der Waals surface area contributed by atoms with Crippen molar-refractivity contribution >= 4 is 0 Å². The van der Waals surface area contributed by atoms with Gasteiger partial charge in [0.15, 0.2) is 0 Å². The van der Waals surface area contributed by atoms with Gasteiger partial charge in [-0.3, -0.25) is 0 Å². The number of allylic oxidation sites excluding steroid dienone is 5. The van der Waals surface area contributed by atoms with Crippen molar-refractivity contribution in [3.05, 3.63) is 35.5 Å². The van der Waals surface area contributed by atoms with E-state index in [9.17, 15) is 0 Å². The fourth-order valence-electron chi connectivity index (χ4n) is 4.99. The van der Waals surface area contributed by atoms with E-state index in [1.165, 1.54) is 44.9 Å². The fraction of sp³-hybridized carbons (Fsp3) is 0.750. The van der Waals surface area contributed by atoms with Crippen molar-refractivity contribution in [2.24, 2.45) is 17.3 Å². The molecule has 25 heavy (non-hydrogen) atoms. The van der Waals surface area contributed by atoms with Crippen LogP contribution in [-0.2, 0) is 4.74 Å². The van der Waals surface area contributed by atoms with Crippen LogP contribution in [0, 0.1) is 17.3 Å². The molecule has 1 nitrogen and oxygen atoms in total. The summed E-state index contributed by atoms with van der Waals surface area (Å²) in [5.41, 5.74) is 3.66. The molecule has 0 bridgehead atoms. The highest BCUT2D eigenvalue weighted by Gasteiger charge is 2.41. The maximum atomic E-state index is 6.11. The van der Waals surface area contributed by atoms with Crippen molar-refractivity contribution in [3.63, 3.8) is 0 Å². The number of hydrogen-bond acceptors (Lipinski definition) is 1. The van der Waals surface area contributed by atoms with Crippen LogP contribution in [0.4, 0.5) is 0 Å². The van der Waals surface area contributed by atoms with Crippen LogP contribution >= 0.6 is 0 Å². The van der Waals surface area contributed by atoms with E-state index in [2.05, 4.69) is 58.9 Å². The molecule has 0 aliphatic heterocycles. The van der Waals surface area contributed by atoms with Crippen LogP contribution in [0.15, 0.2) is 35.5 Å². The molecule has 0 N–H and O–H groups in total. The Morgan fingerprint density at radius 1 is 1.20 bits per heavy atom. The van der Waals surface area contributed by atoms with E-state index in [-0.39, 0.29) is 0 Å². The first kappa shape index (κ1) is 20.5. The van der Waals surface area contributed by atoms with Crippen LogP contribution in [0.2, 0.25) is 0 Å². The van der Waals surface area contributed by atoms with E-state index in [1.54, 1.807) is 11.1 Å². The van der Waals surface area contributed by atoms with Crippen LogP contribution < -0.4 is 0 Å². The van der Waals surface area contributed by atoms with Crippen molar-refractivity contribution in [3.8, 4) is 0 Å². The molecule has 0 radical (unpaired) electrons. The van der Waals surface area contributed by atoms with Crippen LogP contribution in [0.5, 0.6) is 0 Å². The Hall–Kier alpha value is -0.820. The fourth-order valence-corrected chi connectivity index (χ4v) is 4.99. The number of ether oxygens (including phenoxy) is 1. The zero-order chi connectivity index (χ0) is 18.3. The van der Waals surface area contributed by atoms with Crippen LogP contribution in [0.1, 0.15) is 86.0 Å². The molecule has 1 heteroatoms. The van der Waals surface area contributed by atoms with Gasteiger partial charge in [-0.25, -0.2) is 0 Å². The van der Waals surface area contributed by atoms with Crippen LogP contribution in [-0.4, -0.2) is 12.7 Å². The molecule has 0 aromatic heterocycles. The monoisotopic (exact) mass is 344 g/mol. The molecular formula is C24H40O. The Balaban J connectivity index is 2.29. The maximum Gasteiger partial charge on any atom is 0.0538 e. The van der Waals surface area contributed by atoms with Gasteiger partial charge in [-0.2, -0.15) is 0 Å². The van der Waals surface area contributed by atoms with E-state index in [0.29, 0.717) is 17.4 Å². The first-order chi connectivity index (χ1) is 12.0. The summed E-state index contributed by atoms with van der Waals surface area (Å²) in [4.78, 5) is 0. The predicted molar refractivity (Wildman–Crippen MR) is 110 cm³/mol. The topological polar surface area (TPSA) is 9.23 Å². The predicted octanol–water partition coefficient (Wildman–Crippen LogP) is 7.25. The average Bonchev–Trinajstić information content (AvgIpc) is 2.83. The highest BCUT2D eigenvalue weighted by atomic mass is 16.5. The van der Waals surface area contributed by atoms with Crippen molar-refractivity contribution in [2.75, 3.05) is 6.61 Å². The van der Waals surface area contributed by atoms with Crippen LogP contribution in [0.25, 0.3) is 0 Å².